The monoisotopic (exact) mass is 440 g/mol. The van der Waals surface area contributed by atoms with Gasteiger partial charge in [0.2, 0.25) is 0 Å². The maximum atomic E-state index is 13.1. The third kappa shape index (κ3) is 4.85. The minimum absolute atomic E-state index is 0.00206. The molecular weight excluding hydrogens is 428 g/mol. The largest absolute Gasteiger partial charge is 0.417 e. The second-order valence-electron chi connectivity index (χ2n) is 5.40. The highest BCUT2D eigenvalue weighted by Crippen LogP contribution is 2.34. The highest BCUT2D eigenvalue weighted by Gasteiger charge is 2.38. The number of nitrogens with one attached hydrogen (secondary N) is 2. The summed E-state index contributed by atoms with van der Waals surface area (Å²) >= 11 is 0.826. The van der Waals surface area contributed by atoms with Crippen molar-refractivity contribution >= 4 is 38.2 Å². The summed E-state index contributed by atoms with van der Waals surface area (Å²) in [6.45, 7) is 1.15. The number of amides is 2. The molecule has 2 amide bonds. The third-order valence-corrected chi connectivity index (χ3v) is 5.51. The van der Waals surface area contributed by atoms with Gasteiger partial charge >= 0.3 is 6.18 Å². The van der Waals surface area contributed by atoms with Crippen molar-refractivity contribution in [1.82, 2.24) is 4.72 Å². The first-order valence-electron chi connectivity index (χ1n) is 7.33. The second kappa shape index (κ2) is 7.85. The summed E-state index contributed by atoms with van der Waals surface area (Å²) < 4.78 is 78.3. The molecule has 1 aromatic heterocycles. The van der Waals surface area contributed by atoms with Gasteiger partial charge < -0.3 is 10.4 Å². The van der Waals surface area contributed by atoms with Gasteiger partial charge in [0, 0.05) is 0 Å². The summed E-state index contributed by atoms with van der Waals surface area (Å²) in [5.41, 5.74) is -2.13. The highest BCUT2D eigenvalue weighted by atomic mass is 32.2. The van der Waals surface area contributed by atoms with Crippen LogP contribution in [0.25, 0.3) is 0 Å². The highest BCUT2D eigenvalue weighted by molar-refractivity contribution is 7.90. The molecule has 0 radical (unpaired) electrons. The zero-order valence-corrected chi connectivity index (χ0v) is 15.5. The molecule has 0 spiro atoms. The normalized spacial score (nSPS) is 13.1. The summed E-state index contributed by atoms with van der Waals surface area (Å²) in [5, 5.41) is 12.6. The fourth-order valence-electron chi connectivity index (χ4n) is 1.99. The van der Waals surface area contributed by atoms with Gasteiger partial charge in [-0.05, 0) is 36.6 Å². The van der Waals surface area contributed by atoms with E-state index in [2.05, 4.69) is 5.32 Å². The van der Waals surface area contributed by atoms with Crippen LogP contribution in [0.2, 0.25) is 0 Å². The minimum atomic E-state index is -5.19. The van der Waals surface area contributed by atoms with Crippen LogP contribution >= 0.6 is 11.3 Å². The van der Waals surface area contributed by atoms with Gasteiger partial charge in [0.25, 0.3) is 21.8 Å². The van der Waals surface area contributed by atoms with E-state index < -0.39 is 50.4 Å². The summed E-state index contributed by atoms with van der Waals surface area (Å²) in [6, 6.07) is 2.02. The molecule has 0 aliphatic rings. The van der Waals surface area contributed by atoms with Crippen molar-refractivity contribution in [3.63, 3.8) is 0 Å². The summed E-state index contributed by atoms with van der Waals surface area (Å²) in [6.07, 6.45) is -6.61. The molecule has 0 fully saturated rings. The van der Waals surface area contributed by atoms with Gasteiger partial charge in [-0.3, -0.25) is 9.59 Å². The first kappa shape index (κ1) is 21.8. The summed E-state index contributed by atoms with van der Waals surface area (Å²) in [7, 11) is -5.02. The van der Waals surface area contributed by atoms with Gasteiger partial charge in [-0.15, -0.1) is 11.3 Å². The number of aliphatic hydroxyl groups is 1. The third-order valence-electron chi connectivity index (χ3n) is 3.29. The Morgan fingerprint density at radius 3 is 2.43 bits per heavy atom. The van der Waals surface area contributed by atoms with Gasteiger partial charge in [0.15, 0.2) is 0 Å². The molecule has 0 saturated heterocycles. The van der Waals surface area contributed by atoms with Crippen LogP contribution in [0.15, 0.2) is 34.5 Å². The van der Waals surface area contributed by atoms with Gasteiger partial charge in [0.1, 0.15) is 16.9 Å². The molecular formula is C15H12F4N2O5S2. The number of thiophene rings is 1. The summed E-state index contributed by atoms with van der Waals surface area (Å²) in [4.78, 5) is 22.4. The van der Waals surface area contributed by atoms with Crippen molar-refractivity contribution < 1.29 is 40.7 Å². The first-order chi connectivity index (χ1) is 12.8. The number of sulfonamides is 1. The van der Waals surface area contributed by atoms with Crippen molar-refractivity contribution in [2.45, 2.75) is 24.1 Å². The fraction of sp³-hybridized carbons (Fsp3) is 0.200. The number of benzene rings is 1. The number of hydrogen-bond donors (Lipinski definition) is 3. The molecule has 0 aliphatic heterocycles. The predicted molar refractivity (Wildman–Crippen MR) is 90.7 cm³/mol. The van der Waals surface area contributed by atoms with Crippen LogP contribution in [0, 0.1) is 5.82 Å². The Hall–Kier alpha value is -2.51. The lowest BCUT2D eigenvalue weighted by Crippen LogP contribution is -2.33. The maximum Gasteiger partial charge on any atom is 0.417 e. The molecule has 0 aliphatic carbocycles. The van der Waals surface area contributed by atoms with Crippen LogP contribution in [0.5, 0.6) is 0 Å². The van der Waals surface area contributed by atoms with E-state index >= 15 is 0 Å². The molecule has 7 nitrogen and oxygen atoms in total. The van der Waals surface area contributed by atoms with E-state index in [1.807, 2.05) is 0 Å². The van der Waals surface area contributed by atoms with E-state index in [1.54, 1.807) is 0 Å². The van der Waals surface area contributed by atoms with Crippen LogP contribution in [-0.2, 0) is 21.0 Å². The number of halogens is 4. The van der Waals surface area contributed by atoms with Crippen LogP contribution < -0.4 is 10.0 Å². The Bertz CT molecular complexity index is 1020. The predicted octanol–water partition coefficient (Wildman–Crippen LogP) is 2.34. The van der Waals surface area contributed by atoms with Crippen molar-refractivity contribution in [3.05, 3.63) is 46.6 Å². The number of carbonyl (C=O) groups excluding carboxylic acids is 2. The van der Waals surface area contributed by atoms with Crippen LogP contribution in [0.4, 0.5) is 22.6 Å². The fourth-order valence-corrected chi connectivity index (χ4v) is 3.95. The van der Waals surface area contributed by atoms with E-state index in [4.69, 9.17) is 0 Å². The lowest BCUT2D eigenvalue weighted by molar-refractivity contribution is -0.140. The molecule has 0 bridgehead atoms. The van der Waals surface area contributed by atoms with E-state index in [0.717, 1.165) is 24.3 Å². The van der Waals surface area contributed by atoms with Crippen molar-refractivity contribution in [2.24, 2.45) is 0 Å². The van der Waals surface area contributed by atoms with Gasteiger partial charge in [0.05, 0.1) is 16.0 Å². The zero-order valence-electron chi connectivity index (χ0n) is 13.9. The van der Waals surface area contributed by atoms with E-state index in [-0.39, 0.29) is 16.6 Å². The number of anilines is 1. The zero-order chi connectivity index (χ0) is 21.3. The lowest BCUT2D eigenvalue weighted by atomic mass is 10.2. The Morgan fingerprint density at radius 2 is 1.86 bits per heavy atom. The number of alkyl halides is 3. The van der Waals surface area contributed by atoms with Gasteiger partial charge in [-0.25, -0.2) is 17.5 Å². The average molecular weight is 440 g/mol. The smallest absolute Gasteiger partial charge is 0.384 e. The molecule has 3 N–H and O–H groups in total. The van der Waals surface area contributed by atoms with Gasteiger partial charge in [-0.1, -0.05) is 0 Å². The topological polar surface area (TPSA) is 113 Å². The SMILES string of the molecule is CC(O)C(=O)Nc1sccc1C(=O)NS(=O)(=O)c1ccc(F)cc1C(F)(F)F. The van der Waals surface area contributed by atoms with E-state index in [1.165, 1.54) is 10.1 Å². The molecule has 1 unspecified atom stereocenters. The quantitative estimate of drug-likeness (QED) is 0.618. The first-order valence-corrected chi connectivity index (χ1v) is 9.69. The molecule has 1 heterocycles. The number of aliphatic hydroxyl groups excluding tert-OH is 1. The van der Waals surface area contributed by atoms with Crippen LogP contribution in [0.3, 0.4) is 0 Å². The molecule has 0 saturated carbocycles. The molecule has 2 aromatic rings. The van der Waals surface area contributed by atoms with E-state index in [9.17, 15) is 40.7 Å². The Labute approximate surface area is 160 Å². The van der Waals surface area contributed by atoms with Gasteiger partial charge in [-0.2, -0.15) is 13.2 Å². The van der Waals surface area contributed by atoms with Crippen LogP contribution in [0.1, 0.15) is 22.8 Å². The standard InChI is InChI=1S/C15H12F4N2O5S2/c1-7(22)12(23)20-14-9(4-5-27-14)13(24)21-28(25,26)11-3-2-8(16)6-10(11)15(17,18)19/h2-7,22H,1H3,(H,20,23)(H,21,24). The van der Waals surface area contributed by atoms with E-state index in [0.29, 0.717) is 12.1 Å². The molecule has 152 valence electrons. The van der Waals surface area contributed by atoms with Crippen molar-refractivity contribution in [1.29, 1.82) is 0 Å². The number of carbonyl (C=O) groups is 2. The Kier molecular flexibility index (Phi) is 6.11. The van der Waals surface area contributed by atoms with Crippen molar-refractivity contribution in [2.75, 3.05) is 5.32 Å². The number of hydrogen-bond acceptors (Lipinski definition) is 6. The Morgan fingerprint density at radius 1 is 1.21 bits per heavy atom. The number of rotatable bonds is 5. The van der Waals surface area contributed by atoms with Crippen molar-refractivity contribution in [3.8, 4) is 0 Å². The summed E-state index contributed by atoms with van der Waals surface area (Å²) in [5.74, 6) is -3.50. The molecule has 13 heteroatoms. The molecule has 1 aromatic carbocycles. The lowest BCUT2D eigenvalue weighted by Gasteiger charge is -2.14. The second-order valence-corrected chi connectivity index (χ2v) is 7.97. The van der Waals surface area contributed by atoms with Crippen LogP contribution in [-0.4, -0.2) is 31.4 Å². The Balaban J connectivity index is 2.36. The minimum Gasteiger partial charge on any atom is -0.384 e. The molecule has 2 rings (SSSR count). The average Bonchev–Trinajstić information content (AvgIpc) is 3.01. The maximum absolute atomic E-state index is 13.1. The molecule has 1 atom stereocenters. The molecule has 28 heavy (non-hydrogen) atoms.